The molecule has 0 spiro atoms. The summed E-state index contributed by atoms with van der Waals surface area (Å²) in [6.07, 6.45) is 5.96. The topological polar surface area (TPSA) is 61.4 Å². The van der Waals surface area contributed by atoms with Crippen LogP contribution < -0.4 is 10.2 Å². The molecule has 6 nitrogen and oxygen atoms in total. The van der Waals surface area contributed by atoms with Gasteiger partial charge < -0.3 is 15.1 Å². The number of hydrogen-bond donors (Lipinski definition) is 1. The van der Waals surface area contributed by atoms with Crippen molar-refractivity contribution in [2.45, 2.75) is 32.6 Å². The Morgan fingerprint density at radius 1 is 1.07 bits per heavy atom. The SMILES string of the molecule is CC1CCN(CCNC(=O)C2CCN(c3ncnc4ccccc34)CC2)CC1. The minimum atomic E-state index is 0.116. The molecule has 0 radical (unpaired) electrons. The van der Waals surface area contributed by atoms with Crippen molar-refractivity contribution in [3.05, 3.63) is 30.6 Å². The van der Waals surface area contributed by atoms with Crippen molar-refractivity contribution in [3.8, 4) is 0 Å². The Bertz CT molecular complexity index is 789. The summed E-state index contributed by atoms with van der Waals surface area (Å²) in [6, 6.07) is 8.12. The molecule has 3 heterocycles. The molecule has 2 aromatic rings. The molecule has 1 N–H and O–H groups in total. The fourth-order valence-corrected chi connectivity index (χ4v) is 4.36. The highest BCUT2D eigenvalue weighted by molar-refractivity contribution is 5.89. The molecule has 6 heteroatoms. The van der Waals surface area contributed by atoms with Gasteiger partial charge in [-0.3, -0.25) is 4.79 Å². The van der Waals surface area contributed by atoms with Gasteiger partial charge in [-0.1, -0.05) is 19.1 Å². The van der Waals surface area contributed by atoms with Crippen molar-refractivity contribution in [3.63, 3.8) is 0 Å². The fraction of sp³-hybridized carbons (Fsp3) is 0.591. The van der Waals surface area contributed by atoms with Crippen LogP contribution in [-0.2, 0) is 4.79 Å². The van der Waals surface area contributed by atoms with Gasteiger partial charge >= 0.3 is 0 Å². The van der Waals surface area contributed by atoms with Gasteiger partial charge in [-0.05, 0) is 56.8 Å². The summed E-state index contributed by atoms with van der Waals surface area (Å²) in [5, 5.41) is 4.26. The van der Waals surface area contributed by atoms with E-state index >= 15 is 0 Å². The van der Waals surface area contributed by atoms with E-state index in [1.54, 1.807) is 6.33 Å². The molecular formula is C22H31N5O. The number of para-hydroxylation sites is 1. The van der Waals surface area contributed by atoms with Crippen LogP contribution in [0.4, 0.5) is 5.82 Å². The van der Waals surface area contributed by atoms with Gasteiger partial charge in [0.15, 0.2) is 0 Å². The molecule has 1 amide bonds. The number of carbonyl (C=O) groups excluding carboxylic acids is 1. The number of likely N-dealkylation sites (tertiary alicyclic amines) is 1. The first kappa shape index (κ1) is 19.1. The van der Waals surface area contributed by atoms with Crippen LogP contribution >= 0.6 is 0 Å². The minimum absolute atomic E-state index is 0.116. The third-order valence-corrected chi connectivity index (χ3v) is 6.29. The van der Waals surface area contributed by atoms with E-state index in [2.05, 4.69) is 38.1 Å². The molecule has 28 heavy (non-hydrogen) atoms. The van der Waals surface area contributed by atoms with Crippen LogP contribution in [0.3, 0.4) is 0 Å². The lowest BCUT2D eigenvalue weighted by Crippen LogP contribution is -2.43. The number of rotatable bonds is 5. The van der Waals surface area contributed by atoms with E-state index in [1.165, 1.54) is 25.9 Å². The molecule has 1 aromatic heterocycles. The lowest BCUT2D eigenvalue weighted by atomic mass is 9.95. The Labute approximate surface area is 167 Å². The summed E-state index contributed by atoms with van der Waals surface area (Å²) in [5.74, 6) is 2.18. The zero-order chi connectivity index (χ0) is 19.3. The number of fused-ring (bicyclic) bond motifs is 1. The molecule has 4 rings (SSSR count). The van der Waals surface area contributed by atoms with E-state index in [0.717, 1.165) is 61.7 Å². The van der Waals surface area contributed by atoms with Crippen molar-refractivity contribution in [2.24, 2.45) is 11.8 Å². The predicted molar refractivity (Wildman–Crippen MR) is 112 cm³/mol. The Kier molecular flexibility index (Phi) is 6.05. The normalized spacial score (nSPS) is 19.8. The summed E-state index contributed by atoms with van der Waals surface area (Å²) < 4.78 is 0. The average molecular weight is 382 g/mol. The van der Waals surface area contributed by atoms with Crippen molar-refractivity contribution in [1.82, 2.24) is 20.2 Å². The van der Waals surface area contributed by atoms with Gasteiger partial charge in [0.1, 0.15) is 12.1 Å². The number of amides is 1. The maximum absolute atomic E-state index is 12.6. The fourth-order valence-electron chi connectivity index (χ4n) is 4.36. The van der Waals surface area contributed by atoms with Gasteiger partial charge in [-0.2, -0.15) is 0 Å². The Hall–Kier alpha value is -2.21. The van der Waals surface area contributed by atoms with Crippen LogP contribution in [0.2, 0.25) is 0 Å². The summed E-state index contributed by atoms with van der Waals surface area (Å²) in [5.41, 5.74) is 0.972. The molecule has 2 saturated heterocycles. The van der Waals surface area contributed by atoms with E-state index in [4.69, 9.17) is 0 Å². The maximum Gasteiger partial charge on any atom is 0.223 e. The first-order chi connectivity index (χ1) is 13.7. The van der Waals surface area contributed by atoms with E-state index in [0.29, 0.717) is 0 Å². The zero-order valence-electron chi connectivity index (χ0n) is 16.8. The molecule has 0 aliphatic carbocycles. The Morgan fingerprint density at radius 3 is 2.61 bits per heavy atom. The smallest absolute Gasteiger partial charge is 0.223 e. The van der Waals surface area contributed by atoms with Gasteiger partial charge in [0.05, 0.1) is 5.52 Å². The van der Waals surface area contributed by atoms with Crippen molar-refractivity contribution in [2.75, 3.05) is 44.2 Å². The number of piperidine rings is 2. The van der Waals surface area contributed by atoms with E-state index in [-0.39, 0.29) is 11.8 Å². The predicted octanol–water partition coefficient (Wildman–Crippen LogP) is 2.69. The lowest BCUT2D eigenvalue weighted by Gasteiger charge is -2.33. The van der Waals surface area contributed by atoms with E-state index in [1.807, 2.05) is 18.2 Å². The highest BCUT2D eigenvalue weighted by atomic mass is 16.1. The second-order valence-corrected chi connectivity index (χ2v) is 8.29. The van der Waals surface area contributed by atoms with Crippen LogP contribution in [-0.4, -0.2) is 60.0 Å². The quantitative estimate of drug-likeness (QED) is 0.863. The van der Waals surface area contributed by atoms with E-state index in [9.17, 15) is 4.79 Å². The van der Waals surface area contributed by atoms with Gasteiger partial charge in [0.2, 0.25) is 5.91 Å². The van der Waals surface area contributed by atoms with Gasteiger partial charge in [0, 0.05) is 37.5 Å². The van der Waals surface area contributed by atoms with Gasteiger partial charge in [0.25, 0.3) is 0 Å². The number of benzene rings is 1. The summed E-state index contributed by atoms with van der Waals surface area (Å²) >= 11 is 0. The van der Waals surface area contributed by atoms with Crippen LogP contribution in [0, 0.1) is 11.8 Å². The Balaban J connectivity index is 1.25. The van der Waals surface area contributed by atoms with Crippen molar-refractivity contribution < 1.29 is 4.79 Å². The van der Waals surface area contributed by atoms with Crippen LogP contribution in [0.15, 0.2) is 30.6 Å². The first-order valence-electron chi connectivity index (χ1n) is 10.7. The van der Waals surface area contributed by atoms with Crippen LogP contribution in [0.25, 0.3) is 10.9 Å². The summed E-state index contributed by atoms with van der Waals surface area (Å²) in [7, 11) is 0. The third-order valence-electron chi connectivity index (χ3n) is 6.29. The molecular weight excluding hydrogens is 350 g/mol. The van der Waals surface area contributed by atoms with E-state index < -0.39 is 0 Å². The Morgan fingerprint density at radius 2 is 1.82 bits per heavy atom. The maximum atomic E-state index is 12.6. The summed E-state index contributed by atoms with van der Waals surface area (Å²) in [6.45, 7) is 8.14. The molecule has 150 valence electrons. The first-order valence-corrected chi connectivity index (χ1v) is 10.7. The van der Waals surface area contributed by atoms with Gasteiger partial charge in [-0.15, -0.1) is 0 Å². The number of nitrogens with one attached hydrogen (secondary N) is 1. The highest BCUT2D eigenvalue weighted by Crippen LogP contribution is 2.27. The molecule has 0 bridgehead atoms. The number of anilines is 1. The number of carbonyl (C=O) groups is 1. The zero-order valence-corrected chi connectivity index (χ0v) is 16.8. The number of nitrogens with zero attached hydrogens (tertiary/aromatic N) is 4. The molecule has 0 unspecified atom stereocenters. The molecule has 2 aliphatic heterocycles. The standard InChI is InChI=1S/C22H31N5O/c1-17-6-11-26(12-7-17)15-10-23-22(28)18-8-13-27(14-9-18)21-19-4-2-3-5-20(19)24-16-25-21/h2-5,16-18H,6-15H2,1H3,(H,23,28). The molecule has 0 atom stereocenters. The molecule has 1 aromatic carbocycles. The second-order valence-electron chi connectivity index (χ2n) is 8.29. The highest BCUT2D eigenvalue weighted by Gasteiger charge is 2.26. The van der Waals surface area contributed by atoms with Crippen molar-refractivity contribution in [1.29, 1.82) is 0 Å². The van der Waals surface area contributed by atoms with Crippen molar-refractivity contribution >= 4 is 22.6 Å². The largest absolute Gasteiger partial charge is 0.356 e. The molecule has 2 fully saturated rings. The van der Waals surface area contributed by atoms with Crippen LogP contribution in [0.5, 0.6) is 0 Å². The second kappa shape index (κ2) is 8.86. The monoisotopic (exact) mass is 381 g/mol. The molecule has 2 aliphatic rings. The lowest BCUT2D eigenvalue weighted by molar-refractivity contribution is -0.125. The van der Waals surface area contributed by atoms with Crippen LogP contribution in [0.1, 0.15) is 32.6 Å². The minimum Gasteiger partial charge on any atom is -0.356 e. The molecule has 0 saturated carbocycles. The number of aromatic nitrogens is 2. The van der Waals surface area contributed by atoms with Gasteiger partial charge in [-0.25, -0.2) is 9.97 Å². The number of hydrogen-bond acceptors (Lipinski definition) is 5. The summed E-state index contributed by atoms with van der Waals surface area (Å²) in [4.78, 5) is 26.2. The average Bonchev–Trinajstić information content (AvgIpc) is 2.75. The third kappa shape index (κ3) is 4.43.